The zero-order chi connectivity index (χ0) is 17.6. The standard InChI is InChI=1S/C18H17ClN4OS/c1-2-15(12-7-4-3-5-8-12)16-22-23-18(25-16)21-17(24)20-14-10-6-9-13(19)11-14/h3-11,15H,2H2,1H3,(H2,20,21,23,24). The first kappa shape index (κ1) is 17.4. The maximum Gasteiger partial charge on any atom is 0.325 e. The van der Waals surface area contributed by atoms with Crippen LogP contribution >= 0.6 is 22.9 Å². The number of aromatic nitrogens is 2. The lowest BCUT2D eigenvalue weighted by atomic mass is 9.97. The first-order valence-electron chi connectivity index (χ1n) is 7.87. The maximum atomic E-state index is 12.1. The molecular formula is C18H17ClN4OS. The molecule has 2 aromatic carbocycles. The molecule has 0 aliphatic heterocycles. The minimum absolute atomic E-state index is 0.172. The summed E-state index contributed by atoms with van der Waals surface area (Å²) in [6.45, 7) is 2.11. The molecule has 7 heteroatoms. The topological polar surface area (TPSA) is 66.9 Å². The summed E-state index contributed by atoms with van der Waals surface area (Å²) in [6.07, 6.45) is 0.910. The quantitative estimate of drug-likeness (QED) is 0.632. The molecule has 0 bridgehead atoms. The molecular weight excluding hydrogens is 356 g/mol. The van der Waals surface area contributed by atoms with Crippen LogP contribution in [-0.2, 0) is 0 Å². The molecule has 25 heavy (non-hydrogen) atoms. The number of nitrogens with one attached hydrogen (secondary N) is 2. The van der Waals surface area contributed by atoms with Gasteiger partial charge in [-0.25, -0.2) is 4.79 Å². The lowest BCUT2D eigenvalue weighted by molar-refractivity contribution is 0.262. The van der Waals surface area contributed by atoms with Crippen molar-refractivity contribution in [2.24, 2.45) is 0 Å². The van der Waals surface area contributed by atoms with Crippen LogP contribution in [0.4, 0.5) is 15.6 Å². The van der Waals surface area contributed by atoms with E-state index in [1.807, 2.05) is 18.2 Å². The average molecular weight is 373 g/mol. The number of carbonyl (C=O) groups is 1. The normalized spacial score (nSPS) is 11.8. The molecule has 0 aliphatic rings. The van der Waals surface area contributed by atoms with E-state index in [4.69, 9.17) is 11.6 Å². The van der Waals surface area contributed by atoms with E-state index in [0.29, 0.717) is 15.8 Å². The van der Waals surface area contributed by atoms with Crippen molar-refractivity contribution < 1.29 is 4.79 Å². The van der Waals surface area contributed by atoms with E-state index in [-0.39, 0.29) is 11.9 Å². The summed E-state index contributed by atoms with van der Waals surface area (Å²) in [5, 5.41) is 15.7. The molecule has 5 nitrogen and oxygen atoms in total. The lowest BCUT2D eigenvalue weighted by Crippen LogP contribution is -2.19. The van der Waals surface area contributed by atoms with Crippen molar-refractivity contribution in [3.8, 4) is 0 Å². The number of nitrogens with zero attached hydrogens (tertiary/aromatic N) is 2. The Labute approximate surface area is 155 Å². The van der Waals surface area contributed by atoms with Crippen molar-refractivity contribution in [1.29, 1.82) is 0 Å². The average Bonchev–Trinajstić information content (AvgIpc) is 3.04. The number of hydrogen-bond donors (Lipinski definition) is 2. The molecule has 2 N–H and O–H groups in total. The van der Waals surface area contributed by atoms with Gasteiger partial charge >= 0.3 is 6.03 Å². The van der Waals surface area contributed by atoms with Gasteiger partial charge in [-0.2, -0.15) is 0 Å². The van der Waals surface area contributed by atoms with E-state index in [0.717, 1.165) is 11.4 Å². The zero-order valence-corrected chi connectivity index (χ0v) is 15.1. The number of anilines is 2. The van der Waals surface area contributed by atoms with Gasteiger partial charge in [0.15, 0.2) is 0 Å². The molecule has 128 valence electrons. The van der Waals surface area contributed by atoms with E-state index in [1.165, 1.54) is 16.9 Å². The van der Waals surface area contributed by atoms with Crippen LogP contribution in [0.5, 0.6) is 0 Å². The Morgan fingerprint density at radius 2 is 1.92 bits per heavy atom. The largest absolute Gasteiger partial charge is 0.325 e. The van der Waals surface area contributed by atoms with Gasteiger partial charge in [0.1, 0.15) is 5.01 Å². The number of rotatable bonds is 5. The SMILES string of the molecule is CCC(c1ccccc1)c1nnc(NC(=O)Nc2cccc(Cl)c2)s1. The van der Waals surface area contributed by atoms with Crippen LogP contribution in [0.2, 0.25) is 5.02 Å². The summed E-state index contributed by atoms with van der Waals surface area (Å²) in [4.78, 5) is 12.1. The minimum Gasteiger partial charge on any atom is -0.308 e. The van der Waals surface area contributed by atoms with Crippen LogP contribution in [0, 0.1) is 0 Å². The second kappa shape index (κ2) is 8.09. The molecule has 0 saturated carbocycles. The van der Waals surface area contributed by atoms with Crippen LogP contribution in [0.15, 0.2) is 54.6 Å². The highest BCUT2D eigenvalue weighted by molar-refractivity contribution is 7.15. The second-order valence-corrected chi connectivity index (χ2v) is 6.85. The molecule has 0 saturated heterocycles. The molecule has 0 fully saturated rings. The molecule has 0 radical (unpaired) electrons. The second-order valence-electron chi connectivity index (χ2n) is 5.41. The fraction of sp³-hybridized carbons (Fsp3) is 0.167. The maximum absolute atomic E-state index is 12.1. The Morgan fingerprint density at radius 1 is 1.12 bits per heavy atom. The number of amides is 2. The van der Waals surface area contributed by atoms with Gasteiger partial charge in [-0.1, -0.05) is 66.3 Å². The van der Waals surface area contributed by atoms with Crippen LogP contribution < -0.4 is 10.6 Å². The van der Waals surface area contributed by atoms with Gasteiger partial charge < -0.3 is 5.32 Å². The van der Waals surface area contributed by atoms with Crippen LogP contribution in [0.3, 0.4) is 0 Å². The van der Waals surface area contributed by atoms with E-state index in [9.17, 15) is 4.79 Å². The van der Waals surface area contributed by atoms with Gasteiger partial charge in [-0.3, -0.25) is 5.32 Å². The fourth-order valence-corrected chi connectivity index (χ4v) is 3.63. The summed E-state index contributed by atoms with van der Waals surface area (Å²) in [5.41, 5.74) is 1.81. The van der Waals surface area contributed by atoms with E-state index in [1.54, 1.807) is 24.3 Å². The highest BCUT2D eigenvalue weighted by Gasteiger charge is 2.18. The fourth-order valence-electron chi connectivity index (χ4n) is 2.49. The lowest BCUT2D eigenvalue weighted by Gasteiger charge is -2.11. The van der Waals surface area contributed by atoms with Crippen molar-refractivity contribution in [3.63, 3.8) is 0 Å². The van der Waals surface area contributed by atoms with Crippen molar-refractivity contribution in [1.82, 2.24) is 10.2 Å². The van der Waals surface area contributed by atoms with Gasteiger partial charge in [0.05, 0.1) is 0 Å². The Kier molecular flexibility index (Phi) is 5.63. The van der Waals surface area contributed by atoms with E-state index < -0.39 is 0 Å². The van der Waals surface area contributed by atoms with Crippen LogP contribution in [0.1, 0.15) is 29.8 Å². The molecule has 1 atom stereocenters. The summed E-state index contributed by atoms with van der Waals surface area (Å²) >= 11 is 7.29. The first-order valence-corrected chi connectivity index (χ1v) is 9.07. The smallest absolute Gasteiger partial charge is 0.308 e. The minimum atomic E-state index is -0.377. The van der Waals surface area contributed by atoms with Gasteiger partial charge in [0.25, 0.3) is 0 Å². The predicted molar refractivity (Wildman–Crippen MR) is 103 cm³/mol. The molecule has 3 rings (SSSR count). The van der Waals surface area contributed by atoms with E-state index >= 15 is 0 Å². The van der Waals surface area contributed by atoms with Gasteiger partial charge in [-0.15, -0.1) is 10.2 Å². The predicted octanol–water partition coefficient (Wildman–Crippen LogP) is 5.38. The highest BCUT2D eigenvalue weighted by Crippen LogP contribution is 2.31. The molecule has 3 aromatic rings. The first-order chi connectivity index (χ1) is 12.2. The Morgan fingerprint density at radius 3 is 2.64 bits per heavy atom. The monoisotopic (exact) mass is 372 g/mol. The van der Waals surface area contributed by atoms with Crippen molar-refractivity contribution >= 4 is 39.8 Å². The van der Waals surface area contributed by atoms with Crippen molar-refractivity contribution in [2.75, 3.05) is 10.6 Å². The number of carbonyl (C=O) groups excluding carboxylic acids is 1. The molecule has 1 heterocycles. The van der Waals surface area contributed by atoms with Gasteiger partial charge in [0, 0.05) is 16.6 Å². The molecule has 2 amide bonds. The van der Waals surface area contributed by atoms with E-state index in [2.05, 4.69) is 39.9 Å². The number of benzene rings is 2. The van der Waals surface area contributed by atoms with Crippen molar-refractivity contribution in [3.05, 3.63) is 70.2 Å². The third kappa shape index (κ3) is 4.55. The number of hydrogen-bond acceptors (Lipinski definition) is 4. The summed E-state index contributed by atoms with van der Waals surface area (Å²) in [6, 6.07) is 16.7. The Balaban J connectivity index is 1.67. The summed E-state index contributed by atoms with van der Waals surface area (Å²) < 4.78 is 0. The molecule has 1 aromatic heterocycles. The molecule has 1 unspecified atom stereocenters. The molecule has 0 spiro atoms. The third-order valence-corrected chi connectivity index (χ3v) is 4.84. The highest BCUT2D eigenvalue weighted by atomic mass is 35.5. The summed E-state index contributed by atoms with van der Waals surface area (Å²) in [7, 11) is 0. The Bertz CT molecular complexity index is 853. The van der Waals surface area contributed by atoms with Gasteiger partial charge in [0.2, 0.25) is 5.13 Å². The number of halogens is 1. The van der Waals surface area contributed by atoms with Crippen LogP contribution in [-0.4, -0.2) is 16.2 Å². The van der Waals surface area contributed by atoms with Crippen molar-refractivity contribution in [2.45, 2.75) is 19.3 Å². The zero-order valence-electron chi connectivity index (χ0n) is 13.6. The number of urea groups is 1. The molecule has 0 aliphatic carbocycles. The van der Waals surface area contributed by atoms with Gasteiger partial charge in [-0.05, 0) is 30.2 Å². The summed E-state index contributed by atoms with van der Waals surface area (Å²) in [5.74, 6) is 0.172. The van der Waals surface area contributed by atoms with Crippen LogP contribution in [0.25, 0.3) is 0 Å². The Hall–Kier alpha value is -2.44. The third-order valence-electron chi connectivity index (χ3n) is 3.65.